The standard InChI is InChI=1S/C13H13BrClNS2/c1-8(16)13(11-6-7-12(15)17-11)18-10-5-3-2-4-9(10)14/h2-8,13H,16H2,1H3. The Labute approximate surface area is 129 Å². The molecule has 0 aliphatic heterocycles. The van der Waals surface area contributed by atoms with E-state index in [0.29, 0.717) is 0 Å². The van der Waals surface area contributed by atoms with Gasteiger partial charge in [-0.2, -0.15) is 0 Å². The Balaban J connectivity index is 2.25. The smallest absolute Gasteiger partial charge is 0.0931 e. The van der Waals surface area contributed by atoms with Crippen molar-refractivity contribution in [3.8, 4) is 0 Å². The van der Waals surface area contributed by atoms with Gasteiger partial charge in [-0.15, -0.1) is 23.1 Å². The fourth-order valence-electron chi connectivity index (χ4n) is 1.58. The first kappa shape index (κ1) is 14.4. The van der Waals surface area contributed by atoms with E-state index in [1.807, 2.05) is 31.2 Å². The molecule has 0 saturated heterocycles. The van der Waals surface area contributed by atoms with E-state index in [0.717, 1.165) is 8.81 Å². The van der Waals surface area contributed by atoms with Crippen molar-refractivity contribution in [2.24, 2.45) is 5.73 Å². The van der Waals surface area contributed by atoms with Crippen molar-refractivity contribution >= 4 is 50.6 Å². The molecule has 0 aliphatic carbocycles. The summed E-state index contributed by atoms with van der Waals surface area (Å²) in [6, 6.07) is 12.2. The van der Waals surface area contributed by atoms with Crippen LogP contribution in [0.4, 0.5) is 0 Å². The zero-order chi connectivity index (χ0) is 13.1. The van der Waals surface area contributed by atoms with Crippen molar-refractivity contribution in [2.75, 3.05) is 0 Å². The summed E-state index contributed by atoms with van der Waals surface area (Å²) in [4.78, 5) is 2.42. The minimum atomic E-state index is 0.0665. The summed E-state index contributed by atoms with van der Waals surface area (Å²) in [5.74, 6) is 0. The second-order valence-electron chi connectivity index (χ2n) is 3.97. The molecule has 2 N–H and O–H groups in total. The van der Waals surface area contributed by atoms with Crippen LogP contribution >= 0.6 is 50.6 Å². The van der Waals surface area contributed by atoms with Crippen LogP contribution in [-0.2, 0) is 0 Å². The monoisotopic (exact) mass is 361 g/mol. The number of hydrogen-bond acceptors (Lipinski definition) is 3. The van der Waals surface area contributed by atoms with Crippen molar-refractivity contribution < 1.29 is 0 Å². The minimum Gasteiger partial charge on any atom is -0.327 e. The predicted molar refractivity (Wildman–Crippen MR) is 85.7 cm³/mol. The molecule has 1 aromatic heterocycles. The summed E-state index contributed by atoms with van der Waals surface area (Å²) < 4.78 is 1.91. The lowest BCUT2D eigenvalue weighted by Crippen LogP contribution is -2.21. The second-order valence-corrected chi connectivity index (χ2v) is 7.75. The number of benzene rings is 1. The van der Waals surface area contributed by atoms with Gasteiger partial charge in [-0.05, 0) is 47.1 Å². The fourth-order valence-corrected chi connectivity index (χ4v) is 4.62. The molecule has 2 rings (SSSR count). The van der Waals surface area contributed by atoms with Crippen molar-refractivity contribution in [2.45, 2.75) is 23.1 Å². The SMILES string of the molecule is CC(N)C(Sc1ccccc1Br)c1ccc(Cl)s1. The van der Waals surface area contributed by atoms with Crippen LogP contribution < -0.4 is 5.73 Å². The molecule has 0 amide bonds. The van der Waals surface area contributed by atoms with E-state index in [9.17, 15) is 0 Å². The van der Waals surface area contributed by atoms with Gasteiger partial charge in [0.05, 0.1) is 9.59 Å². The largest absolute Gasteiger partial charge is 0.327 e. The Kier molecular flexibility index (Phi) is 5.15. The van der Waals surface area contributed by atoms with E-state index in [-0.39, 0.29) is 11.3 Å². The van der Waals surface area contributed by atoms with Crippen molar-refractivity contribution in [1.29, 1.82) is 0 Å². The van der Waals surface area contributed by atoms with Gasteiger partial charge < -0.3 is 5.73 Å². The molecule has 2 atom stereocenters. The second kappa shape index (κ2) is 6.44. The molecular formula is C13H13BrClNS2. The number of hydrogen-bond donors (Lipinski definition) is 1. The quantitative estimate of drug-likeness (QED) is 0.742. The normalized spacial score (nSPS) is 14.4. The van der Waals surface area contributed by atoms with Crippen molar-refractivity contribution in [3.05, 3.63) is 50.1 Å². The lowest BCUT2D eigenvalue weighted by Gasteiger charge is -2.19. The van der Waals surface area contributed by atoms with Crippen molar-refractivity contribution in [3.63, 3.8) is 0 Å². The van der Waals surface area contributed by atoms with Gasteiger partial charge in [-0.3, -0.25) is 0 Å². The van der Waals surface area contributed by atoms with Crippen LogP contribution in [0.2, 0.25) is 4.34 Å². The van der Waals surface area contributed by atoms with E-state index in [1.165, 1.54) is 9.77 Å². The first-order valence-electron chi connectivity index (χ1n) is 5.50. The lowest BCUT2D eigenvalue weighted by molar-refractivity contribution is 0.730. The van der Waals surface area contributed by atoms with Crippen LogP contribution in [-0.4, -0.2) is 6.04 Å². The van der Waals surface area contributed by atoms with Gasteiger partial charge in [0, 0.05) is 20.3 Å². The van der Waals surface area contributed by atoms with Crippen LogP contribution in [0.5, 0.6) is 0 Å². The highest BCUT2D eigenvalue weighted by atomic mass is 79.9. The molecule has 1 aromatic carbocycles. The Morgan fingerprint density at radius 2 is 2.00 bits per heavy atom. The van der Waals surface area contributed by atoms with Crippen molar-refractivity contribution in [1.82, 2.24) is 0 Å². The molecule has 2 unspecified atom stereocenters. The summed E-state index contributed by atoms with van der Waals surface area (Å²) in [5, 5.41) is 0.223. The number of thioether (sulfide) groups is 1. The average molecular weight is 363 g/mol. The fraction of sp³-hybridized carbons (Fsp3) is 0.231. The van der Waals surface area contributed by atoms with Gasteiger partial charge in [0.2, 0.25) is 0 Å². The van der Waals surface area contributed by atoms with Crippen LogP contribution in [0.25, 0.3) is 0 Å². The first-order chi connectivity index (χ1) is 8.58. The third-order valence-corrected chi connectivity index (χ3v) is 6.41. The third-order valence-electron chi connectivity index (χ3n) is 2.44. The van der Waals surface area contributed by atoms with Crippen LogP contribution in [0.1, 0.15) is 17.1 Å². The lowest BCUT2D eigenvalue weighted by atomic mass is 10.2. The summed E-state index contributed by atoms with van der Waals surface area (Å²) in [5.41, 5.74) is 6.10. The number of rotatable bonds is 4. The predicted octanol–water partition coefficient (Wildman–Crippen LogP) is 5.34. The van der Waals surface area contributed by atoms with Gasteiger partial charge in [0.1, 0.15) is 0 Å². The average Bonchev–Trinajstić information content (AvgIpc) is 2.74. The Hall–Kier alpha value is -0.0000000000000000278. The zero-order valence-corrected chi connectivity index (χ0v) is 13.7. The summed E-state index contributed by atoms with van der Waals surface area (Å²) in [7, 11) is 0. The molecule has 0 saturated carbocycles. The molecule has 2 aromatic rings. The highest BCUT2D eigenvalue weighted by Gasteiger charge is 2.20. The molecule has 1 heterocycles. The highest BCUT2D eigenvalue weighted by Crippen LogP contribution is 2.43. The maximum Gasteiger partial charge on any atom is 0.0931 e. The Morgan fingerprint density at radius 3 is 2.56 bits per heavy atom. The maximum absolute atomic E-state index is 6.10. The van der Waals surface area contributed by atoms with Gasteiger partial charge in [-0.1, -0.05) is 23.7 Å². The van der Waals surface area contributed by atoms with E-state index >= 15 is 0 Å². The maximum atomic E-state index is 6.10. The molecule has 0 bridgehead atoms. The van der Waals surface area contributed by atoms with E-state index < -0.39 is 0 Å². The molecular weight excluding hydrogens is 350 g/mol. The van der Waals surface area contributed by atoms with E-state index in [1.54, 1.807) is 23.1 Å². The Morgan fingerprint density at radius 1 is 1.28 bits per heavy atom. The minimum absolute atomic E-state index is 0.0665. The zero-order valence-electron chi connectivity index (χ0n) is 9.77. The molecule has 0 spiro atoms. The number of halogens is 2. The summed E-state index contributed by atoms with van der Waals surface area (Å²) in [6.45, 7) is 2.03. The Bertz CT molecular complexity index is 527. The van der Waals surface area contributed by atoms with Gasteiger partial charge >= 0.3 is 0 Å². The van der Waals surface area contributed by atoms with E-state index in [2.05, 4.69) is 28.1 Å². The van der Waals surface area contributed by atoms with Gasteiger partial charge in [-0.25, -0.2) is 0 Å². The summed E-state index contributed by atoms with van der Waals surface area (Å²) >= 11 is 12.9. The van der Waals surface area contributed by atoms with Crippen LogP contribution in [0.15, 0.2) is 45.8 Å². The van der Waals surface area contributed by atoms with Gasteiger partial charge in [0.15, 0.2) is 0 Å². The first-order valence-corrected chi connectivity index (χ1v) is 8.36. The van der Waals surface area contributed by atoms with Crippen LogP contribution in [0.3, 0.4) is 0 Å². The topological polar surface area (TPSA) is 26.0 Å². The molecule has 96 valence electrons. The molecule has 5 heteroatoms. The third kappa shape index (κ3) is 3.52. The highest BCUT2D eigenvalue weighted by molar-refractivity contribution is 9.10. The number of nitrogens with two attached hydrogens (primary N) is 1. The molecule has 0 aliphatic rings. The summed E-state index contributed by atoms with van der Waals surface area (Å²) in [6.07, 6.45) is 0. The number of thiophene rings is 1. The van der Waals surface area contributed by atoms with Gasteiger partial charge in [0.25, 0.3) is 0 Å². The molecule has 0 fully saturated rings. The van der Waals surface area contributed by atoms with E-state index in [4.69, 9.17) is 17.3 Å². The molecule has 0 radical (unpaired) electrons. The molecule has 1 nitrogen and oxygen atoms in total. The molecule has 18 heavy (non-hydrogen) atoms. The van der Waals surface area contributed by atoms with Crippen LogP contribution in [0, 0.1) is 0 Å².